The predicted octanol–water partition coefficient (Wildman–Crippen LogP) is 2.46. The Balaban J connectivity index is 2.48. The number of halogens is 1. The molecular formula is C12H11ClN4O. The van der Waals surface area contributed by atoms with E-state index in [1.165, 1.54) is 13.0 Å². The maximum atomic E-state index is 11.0. The lowest BCUT2D eigenvalue weighted by molar-refractivity contribution is -0.114. The lowest BCUT2D eigenvalue weighted by Crippen LogP contribution is -2.08. The molecule has 2 aromatic rings. The fraction of sp³-hybridized carbons (Fsp3) is 0.167. The van der Waals surface area contributed by atoms with E-state index in [2.05, 4.69) is 20.3 Å². The van der Waals surface area contributed by atoms with Crippen LogP contribution >= 0.6 is 11.6 Å². The average Bonchev–Trinajstić information content (AvgIpc) is 2.27. The molecule has 0 aliphatic carbocycles. The largest absolute Gasteiger partial charge is 0.311 e. The molecule has 18 heavy (non-hydrogen) atoms. The predicted molar refractivity (Wildman–Crippen MR) is 69.3 cm³/mol. The molecule has 0 aliphatic heterocycles. The smallest absolute Gasteiger partial charge is 0.222 e. The first-order valence-corrected chi connectivity index (χ1v) is 5.68. The van der Waals surface area contributed by atoms with Gasteiger partial charge in [-0.3, -0.25) is 9.78 Å². The number of rotatable bonds is 2. The van der Waals surface area contributed by atoms with Crippen LogP contribution in [0, 0.1) is 6.92 Å². The van der Waals surface area contributed by atoms with E-state index in [9.17, 15) is 4.79 Å². The number of aromatic nitrogens is 3. The summed E-state index contributed by atoms with van der Waals surface area (Å²) in [4.78, 5) is 23.6. The zero-order valence-corrected chi connectivity index (χ0v) is 10.7. The summed E-state index contributed by atoms with van der Waals surface area (Å²) in [5.74, 6) is 0.542. The molecule has 2 rings (SSSR count). The van der Waals surface area contributed by atoms with Crippen LogP contribution in [0.3, 0.4) is 0 Å². The molecule has 0 saturated heterocycles. The Bertz CT molecular complexity index is 600. The van der Waals surface area contributed by atoms with Gasteiger partial charge in [0.25, 0.3) is 0 Å². The van der Waals surface area contributed by atoms with E-state index >= 15 is 0 Å². The first kappa shape index (κ1) is 12.4. The second-order valence-corrected chi connectivity index (χ2v) is 4.14. The summed E-state index contributed by atoms with van der Waals surface area (Å²) >= 11 is 5.91. The van der Waals surface area contributed by atoms with Crippen LogP contribution in [0.5, 0.6) is 0 Å². The van der Waals surface area contributed by atoms with Gasteiger partial charge in [0.15, 0.2) is 5.82 Å². The molecule has 2 heterocycles. The Morgan fingerprint density at radius 1 is 1.39 bits per heavy atom. The topological polar surface area (TPSA) is 67.8 Å². The monoisotopic (exact) mass is 262 g/mol. The van der Waals surface area contributed by atoms with Crippen molar-refractivity contribution in [3.8, 4) is 11.5 Å². The highest BCUT2D eigenvalue weighted by Crippen LogP contribution is 2.21. The van der Waals surface area contributed by atoms with Crippen LogP contribution in [0.4, 0.5) is 5.82 Å². The number of nitrogens with one attached hydrogen (secondary N) is 1. The molecule has 1 amide bonds. The van der Waals surface area contributed by atoms with Crippen molar-refractivity contribution in [3.63, 3.8) is 0 Å². The van der Waals surface area contributed by atoms with Gasteiger partial charge >= 0.3 is 0 Å². The van der Waals surface area contributed by atoms with Gasteiger partial charge in [0.2, 0.25) is 5.91 Å². The summed E-state index contributed by atoms with van der Waals surface area (Å²) in [6.07, 6.45) is 1.66. The van der Waals surface area contributed by atoms with Crippen LogP contribution < -0.4 is 5.32 Å². The Morgan fingerprint density at radius 2 is 2.17 bits per heavy atom. The number of pyridine rings is 1. The first-order valence-electron chi connectivity index (χ1n) is 5.30. The molecule has 0 saturated carbocycles. The highest BCUT2D eigenvalue weighted by molar-refractivity contribution is 6.29. The summed E-state index contributed by atoms with van der Waals surface area (Å²) in [6.45, 7) is 3.31. The van der Waals surface area contributed by atoms with Crippen LogP contribution in [0.25, 0.3) is 11.5 Å². The van der Waals surface area contributed by atoms with Gasteiger partial charge in [-0.1, -0.05) is 17.7 Å². The molecule has 1 N–H and O–H groups in total. The van der Waals surface area contributed by atoms with Crippen LogP contribution in [0.1, 0.15) is 12.5 Å². The zero-order valence-electron chi connectivity index (χ0n) is 9.94. The van der Waals surface area contributed by atoms with Crippen molar-refractivity contribution in [3.05, 3.63) is 35.1 Å². The van der Waals surface area contributed by atoms with Crippen molar-refractivity contribution in [2.24, 2.45) is 0 Å². The highest BCUT2D eigenvalue weighted by Gasteiger charge is 2.09. The normalized spacial score (nSPS) is 10.2. The lowest BCUT2D eigenvalue weighted by atomic mass is 10.2. The van der Waals surface area contributed by atoms with Gasteiger partial charge in [-0.2, -0.15) is 0 Å². The van der Waals surface area contributed by atoms with Crippen molar-refractivity contribution >= 4 is 23.3 Å². The summed E-state index contributed by atoms with van der Waals surface area (Å²) in [7, 11) is 0. The molecule has 2 aromatic heterocycles. The van der Waals surface area contributed by atoms with E-state index in [1.54, 1.807) is 6.20 Å². The van der Waals surface area contributed by atoms with Gasteiger partial charge in [-0.05, 0) is 18.6 Å². The molecule has 0 aromatic carbocycles. The van der Waals surface area contributed by atoms with E-state index in [1.807, 2.05) is 19.1 Å². The fourth-order valence-electron chi connectivity index (χ4n) is 1.49. The third kappa shape index (κ3) is 2.81. The Labute approximate surface area is 109 Å². The minimum absolute atomic E-state index is 0.214. The number of amides is 1. The standard InChI is InChI=1S/C12H11ClN4O/c1-7-4-3-5-14-11(7)12-16-9(13)6-10(17-12)15-8(2)18/h3-6H,1-2H3,(H,15,16,17,18). The third-order valence-electron chi connectivity index (χ3n) is 2.22. The lowest BCUT2D eigenvalue weighted by Gasteiger charge is -2.06. The molecule has 0 spiro atoms. The third-order valence-corrected chi connectivity index (χ3v) is 2.41. The molecule has 0 bridgehead atoms. The van der Waals surface area contributed by atoms with Gasteiger partial charge in [0.05, 0.1) is 0 Å². The maximum absolute atomic E-state index is 11.0. The zero-order chi connectivity index (χ0) is 13.1. The van der Waals surface area contributed by atoms with Crippen LogP contribution in [-0.4, -0.2) is 20.9 Å². The summed E-state index contributed by atoms with van der Waals surface area (Å²) in [6, 6.07) is 5.23. The number of carbonyl (C=O) groups is 1. The molecule has 0 aliphatic rings. The molecule has 0 unspecified atom stereocenters. The minimum atomic E-state index is -0.214. The number of anilines is 1. The molecular weight excluding hydrogens is 252 g/mol. The van der Waals surface area contributed by atoms with E-state index < -0.39 is 0 Å². The summed E-state index contributed by atoms with van der Waals surface area (Å²) < 4.78 is 0. The van der Waals surface area contributed by atoms with E-state index in [-0.39, 0.29) is 11.1 Å². The van der Waals surface area contributed by atoms with Crippen molar-refractivity contribution < 1.29 is 4.79 Å². The SMILES string of the molecule is CC(=O)Nc1cc(Cl)nc(-c2ncccc2C)n1. The molecule has 0 radical (unpaired) electrons. The number of hydrogen-bond donors (Lipinski definition) is 1. The summed E-state index contributed by atoms with van der Waals surface area (Å²) in [5.41, 5.74) is 1.58. The first-order chi connectivity index (χ1) is 8.56. The van der Waals surface area contributed by atoms with Crippen molar-refractivity contribution in [2.45, 2.75) is 13.8 Å². The molecule has 0 fully saturated rings. The molecule has 5 nitrogen and oxygen atoms in total. The van der Waals surface area contributed by atoms with Gasteiger partial charge in [0.1, 0.15) is 16.7 Å². The van der Waals surface area contributed by atoms with Crippen molar-refractivity contribution in [1.29, 1.82) is 0 Å². The van der Waals surface area contributed by atoms with Gasteiger partial charge < -0.3 is 5.32 Å². The van der Waals surface area contributed by atoms with Crippen LogP contribution in [-0.2, 0) is 4.79 Å². The quantitative estimate of drug-likeness (QED) is 0.844. The van der Waals surface area contributed by atoms with E-state index in [4.69, 9.17) is 11.6 Å². The average molecular weight is 263 g/mol. The Morgan fingerprint density at radius 3 is 2.83 bits per heavy atom. The van der Waals surface area contributed by atoms with Crippen LogP contribution in [0.15, 0.2) is 24.4 Å². The van der Waals surface area contributed by atoms with Gasteiger partial charge in [0, 0.05) is 19.2 Å². The minimum Gasteiger partial charge on any atom is -0.311 e. The highest BCUT2D eigenvalue weighted by atomic mass is 35.5. The van der Waals surface area contributed by atoms with Crippen molar-refractivity contribution in [1.82, 2.24) is 15.0 Å². The Kier molecular flexibility index (Phi) is 3.53. The van der Waals surface area contributed by atoms with Crippen molar-refractivity contribution in [2.75, 3.05) is 5.32 Å². The fourth-order valence-corrected chi connectivity index (χ4v) is 1.67. The number of aryl methyl sites for hydroxylation is 1. The second kappa shape index (κ2) is 5.10. The second-order valence-electron chi connectivity index (χ2n) is 3.75. The molecule has 92 valence electrons. The maximum Gasteiger partial charge on any atom is 0.222 e. The number of nitrogens with zero attached hydrogens (tertiary/aromatic N) is 3. The Hall–Kier alpha value is -2.01. The van der Waals surface area contributed by atoms with E-state index in [0.717, 1.165) is 5.56 Å². The van der Waals surface area contributed by atoms with Gasteiger partial charge in [-0.25, -0.2) is 9.97 Å². The van der Waals surface area contributed by atoms with Crippen LogP contribution in [0.2, 0.25) is 5.15 Å². The molecule has 6 heteroatoms. The molecule has 0 atom stereocenters. The summed E-state index contributed by atoms with van der Waals surface area (Å²) in [5, 5.41) is 2.83. The van der Waals surface area contributed by atoms with E-state index in [0.29, 0.717) is 17.3 Å². The number of hydrogen-bond acceptors (Lipinski definition) is 4. The number of carbonyl (C=O) groups excluding carboxylic acids is 1. The van der Waals surface area contributed by atoms with Gasteiger partial charge in [-0.15, -0.1) is 0 Å².